The fourth-order valence-corrected chi connectivity index (χ4v) is 7.82. The average Bonchev–Trinajstić information content (AvgIpc) is 4.38. The highest BCUT2D eigenvalue weighted by Gasteiger charge is 2.13. The second kappa shape index (κ2) is 30.6. The third-order valence-corrected chi connectivity index (χ3v) is 12.1. The van der Waals surface area contributed by atoms with Gasteiger partial charge in [-0.3, -0.25) is 14.9 Å². The molecule has 10 rings (SSSR count). The van der Waals surface area contributed by atoms with Gasteiger partial charge < -0.3 is 70.7 Å². The number of aliphatic hydroxyl groups excluding tert-OH is 1. The minimum absolute atomic E-state index is 0.130. The Morgan fingerprint density at radius 3 is 1.26 bits per heavy atom. The number of rotatable bonds is 18. The number of methoxy groups -OCH3 is 3. The second-order valence-corrected chi connectivity index (χ2v) is 18.8. The van der Waals surface area contributed by atoms with Crippen LogP contribution in [0.25, 0.3) is 67.3 Å². The molecule has 0 aliphatic heterocycles. The lowest BCUT2D eigenvalue weighted by molar-refractivity contribution is -0.384. The highest BCUT2D eigenvalue weighted by Crippen LogP contribution is 2.30. The van der Waals surface area contributed by atoms with E-state index in [0.29, 0.717) is 35.9 Å². The number of nitro groups is 1. The number of carbonyl (C=O) groups excluding carboxylic acids is 1. The fraction of sp³-hybridized carbons (Fsp3) is 0.246. The lowest BCUT2D eigenvalue weighted by atomic mass is 10.1. The average molecular weight is 1120 g/mol. The Bertz CT molecular complexity index is 3620. The number of hydrogen-bond acceptors (Lipinski definition) is 17. The van der Waals surface area contributed by atoms with Crippen LogP contribution < -0.4 is 40.9 Å². The molecule has 10 aromatic rings. The molecule has 430 valence electrons. The molecule has 82 heavy (non-hydrogen) atoms. The van der Waals surface area contributed by atoms with Crippen molar-refractivity contribution in [3.05, 3.63) is 155 Å². The molecule has 0 aliphatic carbocycles. The zero-order valence-corrected chi connectivity index (χ0v) is 47.4. The first-order valence-corrected chi connectivity index (χ1v) is 26.2. The molecule has 0 fully saturated rings. The molecule has 10 N–H and O–H groups in total. The Morgan fingerprint density at radius 1 is 0.524 bits per heavy atom. The maximum atomic E-state index is 10.7. The van der Waals surface area contributed by atoms with Gasteiger partial charge in [0.1, 0.15) is 58.2 Å². The van der Waals surface area contributed by atoms with Crippen molar-refractivity contribution in [1.82, 2.24) is 39.7 Å². The van der Waals surface area contributed by atoms with E-state index < -0.39 is 4.92 Å². The van der Waals surface area contributed by atoms with Crippen LogP contribution >= 0.6 is 0 Å². The van der Waals surface area contributed by atoms with Crippen molar-refractivity contribution in [2.24, 2.45) is 0 Å². The van der Waals surface area contributed by atoms with Crippen LogP contribution in [0.15, 0.2) is 140 Å². The van der Waals surface area contributed by atoms with E-state index in [1.807, 2.05) is 66.7 Å². The number of anilines is 3. The summed E-state index contributed by atoms with van der Waals surface area (Å²) in [6.45, 7) is 5.33. The van der Waals surface area contributed by atoms with Crippen LogP contribution in [0.5, 0.6) is 28.7 Å². The first-order chi connectivity index (χ1) is 39.5. The van der Waals surface area contributed by atoms with Crippen LogP contribution in [0.2, 0.25) is 0 Å². The predicted molar refractivity (Wildman–Crippen MR) is 326 cm³/mol. The molecule has 0 aliphatic rings. The third kappa shape index (κ3) is 17.9. The number of hydrogen-bond donors (Lipinski definition) is 7. The molecule has 3 aromatic heterocycles. The number of ether oxygens (including phenoxy) is 5. The quantitative estimate of drug-likeness (QED) is 0.0138. The summed E-state index contributed by atoms with van der Waals surface area (Å²) >= 11 is 0. The number of imidazole rings is 3. The molecule has 3 heterocycles. The Balaban J connectivity index is 0.000000191. The number of nitrogens with zero attached hydrogens (tertiary/aromatic N) is 6. The van der Waals surface area contributed by atoms with Gasteiger partial charge in [-0.05, 0) is 109 Å². The van der Waals surface area contributed by atoms with Gasteiger partial charge in [0.2, 0.25) is 0 Å². The van der Waals surface area contributed by atoms with Gasteiger partial charge >= 0.3 is 0 Å². The zero-order valence-electron chi connectivity index (χ0n) is 47.4. The number of nitro benzene ring substituents is 1. The number of aromatic amines is 3. The molecule has 0 atom stereocenters. The van der Waals surface area contributed by atoms with Gasteiger partial charge in [-0.25, -0.2) is 15.0 Å². The monoisotopic (exact) mass is 1120 g/mol. The number of nitrogens with one attached hydrogen (secondary N) is 3. The number of benzene rings is 7. The van der Waals surface area contributed by atoms with E-state index in [0.717, 1.165) is 122 Å². The second-order valence-electron chi connectivity index (χ2n) is 18.8. The first-order valence-electron chi connectivity index (χ1n) is 26.2. The molecule has 0 unspecified atom stereocenters. The highest BCUT2D eigenvalue weighted by atomic mass is 16.6. The van der Waals surface area contributed by atoms with Gasteiger partial charge in [0.15, 0.2) is 0 Å². The molecule has 0 saturated carbocycles. The summed E-state index contributed by atoms with van der Waals surface area (Å²) in [5.41, 5.74) is 26.7. The van der Waals surface area contributed by atoms with Crippen molar-refractivity contribution in [3.63, 3.8) is 0 Å². The molecule has 0 saturated heterocycles. The van der Waals surface area contributed by atoms with Crippen molar-refractivity contribution < 1.29 is 38.5 Å². The van der Waals surface area contributed by atoms with E-state index in [2.05, 4.69) is 82.2 Å². The van der Waals surface area contributed by atoms with Crippen molar-refractivity contribution in [2.75, 3.05) is 99.6 Å². The minimum atomic E-state index is -0.544. The van der Waals surface area contributed by atoms with Crippen molar-refractivity contribution in [3.8, 4) is 62.9 Å². The van der Waals surface area contributed by atoms with Crippen molar-refractivity contribution in [2.45, 2.75) is 19.8 Å². The fourth-order valence-electron chi connectivity index (χ4n) is 7.82. The number of aromatic nitrogens is 6. The summed E-state index contributed by atoms with van der Waals surface area (Å²) in [6, 6.07) is 42.7. The zero-order chi connectivity index (χ0) is 59.1. The van der Waals surface area contributed by atoms with Crippen molar-refractivity contribution in [1.29, 1.82) is 0 Å². The predicted octanol–water partition coefficient (Wildman–Crippen LogP) is 10.5. The van der Waals surface area contributed by atoms with Gasteiger partial charge in [0.05, 0.1) is 90.0 Å². The number of aldehydes is 1. The van der Waals surface area contributed by atoms with Crippen LogP contribution in [-0.4, -0.2) is 138 Å². The van der Waals surface area contributed by atoms with E-state index >= 15 is 0 Å². The molecular weight excluding hydrogens is 1040 g/mol. The Labute approximate surface area is 476 Å². The smallest absolute Gasteiger partial charge is 0.295 e. The molecule has 0 radical (unpaired) electrons. The number of aliphatic hydroxyl groups is 1. The lowest BCUT2D eigenvalue weighted by Crippen LogP contribution is -2.15. The summed E-state index contributed by atoms with van der Waals surface area (Å²) in [4.78, 5) is 49.0. The topological polar surface area (TPSA) is 297 Å². The van der Waals surface area contributed by atoms with Gasteiger partial charge in [-0.1, -0.05) is 48.5 Å². The molecule has 7 aromatic carbocycles. The van der Waals surface area contributed by atoms with Crippen LogP contribution in [0.4, 0.5) is 22.7 Å². The van der Waals surface area contributed by atoms with Gasteiger partial charge in [0, 0.05) is 66.2 Å². The third-order valence-electron chi connectivity index (χ3n) is 12.1. The number of nitrogen functional groups attached to an aromatic ring is 3. The van der Waals surface area contributed by atoms with Gasteiger partial charge in [0.25, 0.3) is 5.69 Å². The molecule has 0 bridgehead atoms. The number of H-pyrrole nitrogens is 3. The van der Waals surface area contributed by atoms with Crippen LogP contribution in [0.1, 0.15) is 30.1 Å². The molecule has 21 heteroatoms. The maximum absolute atomic E-state index is 10.7. The van der Waals surface area contributed by atoms with E-state index in [9.17, 15) is 14.9 Å². The molecule has 21 nitrogen and oxygen atoms in total. The van der Waals surface area contributed by atoms with E-state index in [1.165, 1.54) is 19.2 Å². The minimum Gasteiger partial charge on any atom is -0.497 e. The summed E-state index contributed by atoms with van der Waals surface area (Å²) < 4.78 is 26.7. The lowest BCUT2D eigenvalue weighted by Gasteiger charge is -2.10. The Morgan fingerprint density at radius 2 is 0.878 bits per heavy atom. The van der Waals surface area contributed by atoms with Crippen LogP contribution in [-0.2, 0) is 0 Å². The van der Waals surface area contributed by atoms with E-state index in [4.69, 9.17) is 56.0 Å². The largest absolute Gasteiger partial charge is 0.497 e. The van der Waals surface area contributed by atoms with E-state index in [-0.39, 0.29) is 18.0 Å². The van der Waals surface area contributed by atoms with Crippen LogP contribution in [0.3, 0.4) is 0 Å². The summed E-state index contributed by atoms with van der Waals surface area (Å²) in [5.74, 6) is 6.09. The van der Waals surface area contributed by atoms with Crippen LogP contribution in [0, 0.1) is 10.1 Å². The van der Waals surface area contributed by atoms with Gasteiger partial charge in [-0.2, -0.15) is 0 Å². The number of nitrogens with two attached hydrogens (primary N) is 3. The standard InChI is InChI=1S/C26H27N5O2.C19H21N3O2.C7H8N2O3.C7H10N2O.C2H6O/c1-31(2)13-4-14-33-20-10-12-22-24(16-20)30-26(28-22)18-7-5-17(6-8-18)25-27-21-11-9-19(32-3)15-23(21)29-25;1-22(2)10-3-11-24-16-8-9-17-18(12-16)21-19(20-17)15-6-4-14(13-23)5-7-15;1-12-5-2-3-6(8)7(4-5)9(10)11;1-10-5-2-3-6(8)7(9)4-5;1-2-3/h5-12,15-16H,4,13-14H2,1-3H3,(H,27,29)(H,28,30);4-9,12-13H,3,10-11H2,1-2H3,(H,20,21);2-4H,8H2,1H3;2-4H,8-9H2,1H3;3H,2H2,1H3. The SMILES string of the molecule is CCO.CN(C)CCCOc1ccc2nc(-c3ccc(C=O)cc3)[nH]c2c1.COc1ccc(N)c(N)c1.COc1ccc(N)c([N+](=O)[O-])c1.COc1ccc2nc(-c3ccc(-c4nc5ccc(OCCCN(C)C)cc5[nH]4)cc3)[nH]c2c1. The Kier molecular flexibility index (Phi) is 23.0. The maximum Gasteiger partial charge on any atom is 0.295 e. The number of carbonyl (C=O) groups is 1. The summed E-state index contributed by atoms with van der Waals surface area (Å²) in [6.07, 6.45) is 2.81. The highest BCUT2D eigenvalue weighted by molar-refractivity contribution is 5.84. The Hall–Kier alpha value is -9.70. The molecule has 0 spiro atoms. The molecular formula is C61H72N12O9. The first kappa shape index (κ1) is 61.5. The summed E-state index contributed by atoms with van der Waals surface area (Å²) in [7, 11) is 12.9. The molecule has 0 amide bonds. The van der Waals surface area contributed by atoms with Crippen molar-refractivity contribution >= 4 is 62.1 Å². The van der Waals surface area contributed by atoms with E-state index in [1.54, 1.807) is 57.5 Å². The normalized spacial score (nSPS) is 10.6. The number of fused-ring (bicyclic) bond motifs is 3. The summed E-state index contributed by atoms with van der Waals surface area (Å²) in [5, 5.41) is 17.9. The van der Waals surface area contributed by atoms with Gasteiger partial charge in [-0.15, -0.1) is 0 Å².